The van der Waals surface area contributed by atoms with Crippen LogP contribution in [0.15, 0.2) is 73.3 Å². The molecule has 0 saturated heterocycles. The molecule has 0 aliphatic heterocycles. The SMILES string of the molecule is C=CC(C(=O)c1ccccc1)C(O)C(=O)c1ccccc1. The second-order valence-electron chi connectivity index (χ2n) is 4.67. The van der Waals surface area contributed by atoms with Crippen LogP contribution in [0.4, 0.5) is 0 Å². The van der Waals surface area contributed by atoms with Gasteiger partial charge in [-0.3, -0.25) is 9.59 Å². The van der Waals surface area contributed by atoms with Crippen LogP contribution in [0.25, 0.3) is 0 Å². The first-order valence-corrected chi connectivity index (χ1v) is 6.64. The molecule has 2 unspecified atom stereocenters. The minimum Gasteiger partial charge on any atom is -0.384 e. The highest BCUT2D eigenvalue weighted by Crippen LogP contribution is 2.17. The van der Waals surface area contributed by atoms with Crippen LogP contribution in [0, 0.1) is 5.92 Å². The van der Waals surface area contributed by atoms with Gasteiger partial charge >= 0.3 is 0 Å². The maximum Gasteiger partial charge on any atom is 0.192 e. The quantitative estimate of drug-likeness (QED) is 0.654. The average Bonchev–Trinajstić information content (AvgIpc) is 2.56. The molecule has 2 rings (SSSR count). The summed E-state index contributed by atoms with van der Waals surface area (Å²) in [6.45, 7) is 3.57. The minimum atomic E-state index is -1.43. The average molecular weight is 280 g/mol. The van der Waals surface area contributed by atoms with Gasteiger partial charge in [0, 0.05) is 11.1 Å². The maximum atomic E-state index is 12.4. The lowest BCUT2D eigenvalue weighted by Gasteiger charge is -2.17. The van der Waals surface area contributed by atoms with Crippen molar-refractivity contribution >= 4 is 11.6 Å². The molecule has 3 heteroatoms. The molecule has 0 aliphatic carbocycles. The number of carbonyl (C=O) groups excluding carboxylic acids is 2. The van der Waals surface area contributed by atoms with Crippen molar-refractivity contribution in [3.05, 3.63) is 84.4 Å². The van der Waals surface area contributed by atoms with E-state index in [9.17, 15) is 14.7 Å². The van der Waals surface area contributed by atoms with Crippen LogP contribution < -0.4 is 0 Å². The monoisotopic (exact) mass is 280 g/mol. The van der Waals surface area contributed by atoms with Crippen molar-refractivity contribution in [3.63, 3.8) is 0 Å². The molecule has 0 heterocycles. The van der Waals surface area contributed by atoms with Gasteiger partial charge in [0.05, 0.1) is 5.92 Å². The van der Waals surface area contributed by atoms with E-state index in [4.69, 9.17) is 0 Å². The largest absolute Gasteiger partial charge is 0.384 e. The molecule has 0 radical (unpaired) electrons. The van der Waals surface area contributed by atoms with Gasteiger partial charge in [-0.15, -0.1) is 6.58 Å². The third-order valence-corrected chi connectivity index (χ3v) is 3.28. The highest BCUT2D eigenvalue weighted by atomic mass is 16.3. The fourth-order valence-corrected chi connectivity index (χ4v) is 2.11. The summed E-state index contributed by atoms with van der Waals surface area (Å²) in [6, 6.07) is 17.0. The Hall–Kier alpha value is -2.52. The fourth-order valence-electron chi connectivity index (χ4n) is 2.11. The van der Waals surface area contributed by atoms with Crippen LogP contribution in [0.3, 0.4) is 0 Å². The number of aliphatic hydroxyl groups excluding tert-OH is 1. The van der Waals surface area contributed by atoms with Gasteiger partial charge < -0.3 is 5.11 Å². The molecule has 0 aliphatic rings. The summed E-state index contributed by atoms with van der Waals surface area (Å²) in [4.78, 5) is 24.6. The van der Waals surface area contributed by atoms with Crippen molar-refractivity contribution in [1.29, 1.82) is 0 Å². The number of hydrogen-bond acceptors (Lipinski definition) is 3. The van der Waals surface area contributed by atoms with Gasteiger partial charge in [0.25, 0.3) is 0 Å². The Kier molecular flexibility index (Phi) is 4.80. The van der Waals surface area contributed by atoms with Crippen LogP contribution in [-0.2, 0) is 0 Å². The zero-order valence-corrected chi connectivity index (χ0v) is 11.5. The zero-order chi connectivity index (χ0) is 15.2. The van der Waals surface area contributed by atoms with Gasteiger partial charge in [0.1, 0.15) is 6.10 Å². The van der Waals surface area contributed by atoms with E-state index in [0.29, 0.717) is 11.1 Å². The maximum absolute atomic E-state index is 12.4. The summed E-state index contributed by atoms with van der Waals surface area (Å²) in [7, 11) is 0. The Morgan fingerprint density at radius 2 is 1.29 bits per heavy atom. The van der Waals surface area contributed by atoms with Crippen LogP contribution in [0.1, 0.15) is 20.7 Å². The molecule has 0 saturated carbocycles. The lowest BCUT2D eigenvalue weighted by atomic mass is 9.88. The summed E-state index contributed by atoms with van der Waals surface area (Å²) >= 11 is 0. The highest BCUT2D eigenvalue weighted by molar-refractivity contribution is 6.06. The molecule has 2 atom stereocenters. The number of carbonyl (C=O) groups is 2. The van der Waals surface area contributed by atoms with Crippen molar-refractivity contribution in [3.8, 4) is 0 Å². The molecular formula is C18H16O3. The van der Waals surface area contributed by atoms with Crippen LogP contribution in [0.5, 0.6) is 0 Å². The van der Waals surface area contributed by atoms with Gasteiger partial charge in [0.2, 0.25) is 0 Å². The topological polar surface area (TPSA) is 54.4 Å². The van der Waals surface area contributed by atoms with Crippen molar-refractivity contribution < 1.29 is 14.7 Å². The molecule has 0 bridgehead atoms. The van der Waals surface area contributed by atoms with E-state index in [-0.39, 0.29) is 5.78 Å². The molecule has 0 fully saturated rings. The molecule has 3 nitrogen and oxygen atoms in total. The minimum absolute atomic E-state index is 0.317. The number of rotatable bonds is 6. The first-order valence-electron chi connectivity index (χ1n) is 6.64. The molecule has 106 valence electrons. The van der Waals surface area contributed by atoms with Crippen molar-refractivity contribution in [2.24, 2.45) is 5.92 Å². The van der Waals surface area contributed by atoms with Gasteiger partial charge in [-0.25, -0.2) is 0 Å². The lowest BCUT2D eigenvalue weighted by Crippen LogP contribution is -2.33. The van der Waals surface area contributed by atoms with E-state index in [1.807, 2.05) is 0 Å². The molecule has 0 aromatic heterocycles. The Labute approximate surface area is 123 Å². The molecule has 2 aromatic carbocycles. The van der Waals surface area contributed by atoms with Crippen LogP contribution >= 0.6 is 0 Å². The molecular weight excluding hydrogens is 264 g/mol. The molecule has 1 N–H and O–H groups in total. The number of aliphatic hydroxyl groups is 1. The number of Topliss-reactive ketones (excluding diaryl/α,β-unsaturated/α-hetero) is 2. The molecule has 0 amide bonds. The lowest BCUT2D eigenvalue weighted by molar-refractivity contribution is 0.0595. The summed E-state index contributed by atoms with van der Waals surface area (Å²) in [6.07, 6.45) is -0.112. The van der Waals surface area contributed by atoms with E-state index >= 15 is 0 Å². The van der Waals surface area contributed by atoms with Gasteiger partial charge in [-0.2, -0.15) is 0 Å². The van der Waals surface area contributed by atoms with Crippen molar-refractivity contribution in [1.82, 2.24) is 0 Å². The molecule has 2 aromatic rings. The molecule has 21 heavy (non-hydrogen) atoms. The van der Waals surface area contributed by atoms with Crippen LogP contribution in [-0.4, -0.2) is 22.8 Å². The summed E-state index contributed by atoms with van der Waals surface area (Å²) in [5.41, 5.74) is 0.819. The van der Waals surface area contributed by atoms with Crippen molar-refractivity contribution in [2.45, 2.75) is 6.10 Å². The van der Waals surface area contributed by atoms with E-state index in [1.54, 1.807) is 60.7 Å². The van der Waals surface area contributed by atoms with E-state index < -0.39 is 17.8 Å². The number of hydrogen-bond donors (Lipinski definition) is 1. The number of ketones is 2. The van der Waals surface area contributed by atoms with E-state index in [2.05, 4.69) is 6.58 Å². The first-order chi connectivity index (χ1) is 10.1. The Balaban J connectivity index is 2.23. The van der Waals surface area contributed by atoms with Gasteiger partial charge in [0.15, 0.2) is 11.6 Å². The highest BCUT2D eigenvalue weighted by Gasteiger charge is 2.30. The summed E-state index contributed by atoms with van der Waals surface area (Å²) in [5.74, 6) is -1.76. The second-order valence-corrected chi connectivity index (χ2v) is 4.67. The predicted octanol–water partition coefficient (Wildman–Crippen LogP) is 2.92. The normalized spacial score (nSPS) is 13.2. The fraction of sp³-hybridized carbons (Fsp3) is 0.111. The smallest absolute Gasteiger partial charge is 0.192 e. The van der Waals surface area contributed by atoms with Crippen molar-refractivity contribution in [2.75, 3.05) is 0 Å². The molecule has 0 spiro atoms. The predicted molar refractivity (Wildman–Crippen MR) is 81.2 cm³/mol. The van der Waals surface area contributed by atoms with Crippen LogP contribution in [0.2, 0.25) is 0 Å². The Morgan fingerprint density at radius 1 is 0.857 bits per heavy atom. The zero-order valence-electron chi connectivity index (χ0n) is 11.5. The van der Waals surface area contributed by atoms with E-state index in [0.717, 1.165) is 0 Å². The third-order valence-electron chi connectivity index (χ3n) is 3.28. The van der Waals surface area contributed by atoms with Gasteiger partial charge in [-0.1, -0.05) is 66.7 Å². The first kappa shape index (κ1) is 14.9. The second kappa shape index (κ2) is 6.77. The summed E-state index contributed by atoms with van der Waals surface area (Å²) in [5, 5.41) is 10.2. The standard InChI is InChI=1S/C18H16O3/c1-2-15(16(19)13-9-5-3-6-10-13)18(21)17(20)14-11-7-4-8-12-14/h2-12,15,18,21H,1H2. The van der Waals surface area contributed by atoms with E-state index in [1.165, 1.54) is 6.08 Å². The Morgan fingerprint density at radius 3 is 1.71 bits per heavy atom. The number of benzene rings is 2. The summed E-state index contributed by atoms with van der Waals surface area (Å²) < 4.78 is 0. The third kappa shape index (κ3) is 3.33. The Bertz CT molecular complexity index is 632. The van der Waals surface area contributed by atoms with Gasteiger partial charge in [-0.05, 0) is 0 Å².